The fourth-order valence-corrected chi connectivity index (χ4v) is 3.92. The molecule has 2 unspecified atom stereocenters. The van der Waals surface area contributed by atoms with Gasteiger partial charge in [0.15, 0.2) is 14.1 Å². The first kappa shape index (κ1) is 14.2. The Kier molecular flexibility index (Phi) is 4.25. The highest BCUT2D eigenvalue weighted by atomic mass is 28.4. The molecule has 1 aliphatic rings. The van der Waals surface area contributed by atoms with E-state index in [2.05, 4.69) is 33.5 Å². The molecule has 1 aliphatic carbocycles. The first-order valence-electron chi connectivity index (χ1n) is 6.54. The number of ether oxygens (including phenoxy) is 1. The van der Waals surface area contributed by atoms with Gasteiger partial charge in [-0.15, -0.1) is 0 Å². The summed E-state index contributed by atoms with van der Waals surface area (Å²) in [5.74, 6) is -0.259. The maximum absolute atomic E-state index is 6.25. The second-order valence-corrected chi connectivity index (χ2v) is 10.8. The van der Waals surface area contributed by atoms with Gasteiger partial charge in [0.2, 0.25) is 0 Å². The summed E-state index contributed by atoms with van der Waals surface area (Å²) >= 11 is 0. The first-order valence-corrected chi connectivity index (χ1v) is 9.95. The molecule has 0 aliphatic heterocycles. The van der Waals surface area contributed by atoms with E-state index in [4.69, 9.17) is 9.16 Å². The molecule has 0 aromatic heterocycles. The molecule has 1 fully saturated rings. The second-order valence-electron chi connectivity index (χ2n) is 6.37. The van der Waals surface area contributed by atoms with Crippen LogP contribution in [0.25, 0.3) is 0 Å². The van der Waals surface area contributed by atoms with Crippen LogP contribution in [0.3, 0.4) is 0 Å². The van der Waals surface area contributed by atoms with E-state index in [0.717, 1.165) is 6.42 Å². The summed E-state index contributed by atoms with van der Waals surface area (Å²) < 4.78 is 11.9. The molecular weight excluding hydrogens is 216 g/mol. The van der Waals surface area contributed by atoms with Crippen LogP contribution >= 0.6 is 0 Å². The van der Waals surface area contributed by atoms with Crippen LogP contribution in [0.5, 0.6) is 0 Å². The molecule has 3 heteroatoms. The molecule has 1 saturated carbocycles. The van der Waals surface area contributed by atoms with Gasteiger partial charge in [-0.3, -0.25) is 0 Å². The van der Waals surface area contributed by atoms with Gasteiger partial charge >= 0.3 is 0 Å². The lowest BCUT2D eigenvalue weighted by Gasteiger charge is -2.29. The van der Waals surface area contributed by atoms with Crippen molar-refractivity contribution in [3.8, 4) is 0 Å². The zero-order valence-electron chi connectivity index (χ0n) is 11.9. The third kappa shape index (κ3) is 3.08. The van der Waals surface area contributed by atoms with Crippen molar-refractivity contribution in [2.24, 2.45) is 5.41 Å². The van der Waals surface area contributed by atoms with Crippen LogP contribution in [-0.4, -0.2) is 21.2 Å². The third-order valence-electron chi connectivity index (χ3n) is 3.55. The minimum Gasteiger partial charge on any atom is -0.390 e. The molecule has 0 bridgehead atoms. The van der Waals surface area contributed by atoms with Crippen LogP contribution in [0.4, 0.5) is 0 Å². The third-order valence-corrected chi connectivity index (χ3v) is 4.49. The molecule has 16 heavy (non-hydrogen) atoms. The lowest BCUT2D eigenvalue weighted by Crippen LogP contribution is -2.37. The second kappa shape index (κ2) is 4.79. The predicted molar refractivity (Wildman–Crippen MR) is 71.0 cm³/mol. The highest BCUT2D eigenvalue weighted by Gasteiger charge is 2.67. The molecule has 2 nitrogen and oxygen atoms in total. The summed E-state index contributed by atoms with van der Waals surface area (Å²) in [4.78, 5) is 0. The first-order chi connectivity index (χ1) is 7.29. The molecule has 0 heterocycles. The smallest absolute Gasteiger partial charge is 0.187 e. The number of hydrogen-bond donors (Lipinski definition) is 0. The zero-order chi connectivity index (χ0) is 12.4. The van der Waals surface area contributed by atoms with Gasteiger partial charge in [-0.1, -0.05) is 33.1 Å². The van der Waals surface area contributed by atoms with Crippen molar-refractivity contribution in [3.63, 3.8) is 0 Å². The quantitative estimate of drug-likeness (QED) is 0.380. The minimum absolute atomic E-state index is 0.259. The lowest BCUT2D eigenvalue weighted by atomic mass is 10.00. The Bertz CT molecular complexity index is 237. The fourth-order valence-electron chi connectivity index (χ4n) is 2.53. The highest BCUT2D eigenvalue weighted by Crippen LogP contribution is 2.62. The van der Waals surface area contributed by atoms with Gasteiger partial charge in [-0.2, -0.15) is 0 Å². The molecular formula is C13H28O2Si. The predicted octanol–water partition coefficient (Wildman–Crippen LogP) is 4.17. The molecule has 0 spiro atoms. The number of hydrogen-bond acceptors (Lipinski definition) is 2. The summed E-state index contributed by atoms with van der Waals surface area (Å²) in [5.41, 5.74) is 0.261. The Hall–Kier alpha value is 0.137. The molecule has 0 radical (unpaired) electrons. The van der Waals surface area contributed by atoms with Crippen molar-refractivity contribution in [3.05, 3.63) is 0 Å². The van der Waals surface area contributed by atoms with Crippen molar-refractivity contribution < 1.29 is 9.16 Å². The molecule has 0 N–H and O–H groups in total. The average Bonchev–Trinajstić information content (AvgIpc) is 2.69. The van der Waals surface area contributed by atoms with Gasteiger partial charge in [0.05, 0.1) is 0 Å². The molecule has 2 atom stereocenters. The van der Waals surface area contributed by atoms with E-state index in [9.17, 15) is 0 Å². The maximum atomic E-state index is 6.25. The Labute approximate surface area is 102 Å². The van der Waals surface area contributed by atoms with E-state index < -0.39 is 8.32 Å². The van der Waals surface area contributed by atoms with Crippen LogP contribution in [0.2, 0.25) is 19.6 Å². The van der Waals surface area contributed by atoms with Gasteiger partial charge in [0.25, 0.3) is 0 Å². The van der Waals surface area contributed by atoms with E-state index in [-0.39, 0.29) is 11.2 Å². The van der Waals surface area contributed by atoms with Gasteiger partial charge in [0.1, 0.15) is 0 Å². The number of rotatable bonds is 7. The van der Waals surface area contributed by atoms with Crippen LogP contribution in [-0.2, 0) is 9.16 Å². The monoisotopic (exact) mass is 244 g/mol. The minimum atomic E-state index is -1.51. The van der Waals surface area contributed by atoms with Crippen LogP contribution < -0.4 is 0 Å². The Morgan fingerprint density at radius 1 is 1.19 bits per heavy atom. The summed E-state index contributed by atoms with van der Waals surface area (Å²) in [7, 11) is 0.284. The van der Waals surface area contributed by atoms with E-state index in [1.807, 2.05) is 0 Å². The Morgan fingerprint density at radius 2 is 1.81 bits per heavy atom. The van der Waals surface area contributed by atoms with Gasteiger partial charge < -0.3 is 9.16 Å². The summed E-state index contributed by atoms with van der Waals surface area (Å²) in [5, 5.41) is 0. The maximum Gasteiger partial charge on any atom is 0.187 e. The Balaban J connectivity index is 2.52. The molecule has 0 saturated heterocycles. The van der Waals surface area contributed by atoms with E-state index >= 15 is 0 Å². The molecule has 1 rings (SSSR count). The summed E-state index contributed by atoms with van der Waals surface area (Å²) in [6.07, 6.45) is 6.21. The number of methoxy groups -OCH3 is 1. The Morgan fingerprint density at radius 3 is 2.25 bits per heavy atom. The van der Waals surface area contributed by atoms with Crippen LogP contribution in [0.1, 0.15) is 46.0 Å². The van der Waals surface area contributed by atoms with Gasteiger partial charge in [0, 0.05) is 18.9 Å². The van der Waals surface area contributed by atoms with E-state index in [0.29, 0.717) is 0 Å². The van der Waals surface area contributed by atoms with Crippen molar-refractivity contribution in [1.82, 2.24) is 0 Å². The molecule has 0 aromatic rings. The topological polar surface area (TPSA) is 18.5 Å². The van der Waals surface area contributed by atoms with Crippen molar-refractivity contribution in [2.45, 2.75) is 71.4 Å². The van der Waals surface area contributed by atoms with E-state index in [1.54, 1.807) is 7.11 Å². The number of unbranched alkanes of at least 4 members (excludes halogenated alkanes) is 2. The molecule has 0 amide bonds. The molecule has 96 valence electrons. The largest absolute Gasteiger partial charge is 0.390 e. The highest BCUT2D eigenvalue weighted by molar-refractivity contribution is 6.69. The standard InChI is InChI=1S/C13H28O2Si/c1-7-8-9-10-12(2)11-13(12,14-3)15-16(4,5)6/h7-11H2,1-6H3. The zero-order valence-corrected chi connectivity index (χ0v) is 12.9. The molecule has 0 aromatic carbocycles. The van der Waals surface area contributed by atoms with Crippen molar-refractivity contribution in [1.29, 1.82) is 0 Å². The van der Waals surface area contributed by atoms with Crippen molar-refractivity contribution >= 4 is 8.32 Å². The lowest BCUT2D eigenvalue weighted by molar-refractivity contribution is -0.116. The SMILES string of the molecule is CCCCCC1(C)CC1(OC)O[Si](C)(C)C. The average molecular weight is 244 g/mol. The van der Waals surface area contributed by atoms with Crippen molar-refractivity contribution in [2.75, 3.05) is 7.11 Å². The van der Waals surface area contributed by atoms with Gasteiger partial charge in [-0.05, 0) is 26.1 Å². The summed E-state index contributed by atoms with van der Waals surface area (Å²) in [6, 6.07) is 0. The normalized spacial score (nSPS) is 34.1. The van der Waals surface area contributed by atoms with E-state index in [1.165, 1.54) is 25.7 Å². The van der Waals surface area contributed by atoms with Gasteiger partial charge in [-0.25, -0.2) is 0 Å². The summed E-state index contributed by atoms with van der Waals surface area (Å²) in [6.45, 7) is 11.3. The van der Waals surface area contributed by atoms with Crippen LogP contribution in [0.15, 0.2) is 0 Å². The van der Waals surface area contributed by atoms with Crippen LogP contribution in [0, 0.1) is 5.41 Å². The fraction of sp³-hybridized carbons (Fsp3) is 1.00.